The van der Waals surface area contributed by atoms with Gasteiger partial charge < -0.3 is 21.1 Å². The van der Waals surface area contributed by atoms with Crippen LogP contribution >= 0.6 is 0 Å². The van der Waals surface area contributed by atoms with Crippen LogP contribution in [-0.4, -0.2) is 36.9 Å². The Kier molecular flexibility index (Phi) is 6.31. The molecule has 1 aliphatic rings. The number of aliphatic imine (C=N–C) groups is 2. The zero-order valence-electron chi connectivity index (χ0n) is 17.0. The number of ether oxygens (including phenoxy) is 1. The van der Waals surface area contributed by atoms with Gasteiger partial charge in [-0.15, -0.1) is 0 Å². The molecule has 30 heavy (non-hydrogen) atoms. The molecule has 0 fully saturated rings. The Morgan fingerprint density at radius 1 is 1.17 bits per heavy atom. The van der Waals surface area contributed by atoms with E-state index in [1.54, 1.807) is 12.1 Å². The third kappa shape index (κ3) is 5.34. The molecule has 0 saturated heterocycles. The van der Waals surface area contributed by atoms with Crippen molar-refractivity contribution in [1.29, 1.82) is 0 Å². The summed E-state index contributed by atoms with van der Waals surface area (Å²) in [5.74, 6) is -0.105. The zero-order valence-corrected chi connectivity index (χ0v) is 17.0. The summed E-state index contributed by atoms with van der Waals surface area (Å²) in [6.45, 7) is 3.89. The lowest BCUT2D eigenvalue weighted by Crippen LogP contribution is -2.32. The maximum absolute atomic E-state index is 12.4. The average molecular weight is 408 g/mol. The van der Waals surface area contributed by atoms with Gasteiger partial charge >= 0.3 is 0 Å². The van der Waals surface area contributed by atoms with Crippen molar-refractivity contribution in [2.45, 2.75) is 26.3 Å². The van der Waals surface area contributed by atoms with Crippen molar-refractivity contribution in [3.63, 3.8) is 0 Å². The summed E-state index contributed by atoms with van der Waals surface area (Å²) < 4.78 is 5.25. The van der Waals surface area contributed by atoms with Crippen molar-refractivity contribution in [3.8, 4) is 5.75 Å². The van der Waals surface area contributed by atoms with Crippen LogP contribution in [0.2, 0.25) is 0 Å². The van der Waals surface area contributed by atoms with E-state index in [0.717, 1.165) is 16.8 Å². The fourth-order valence-electron chi connectivity index (χ4n) is 2.85. The van der Waals surface area contributed by atoms with Crippen molar-refractivity contribution in [2.24, 2.45) is 15.7 Å². The third-order valence-electron chi connectivity index (χ3n) is 4.37. The SMILES string of the molecule is COc1ccc(C)cc1NC(=O)CC1N=C(/N=C(\N)Nc2ccc(C)cc2)NC1=O. The van der Waals surface area contributed by atoms with Crippen molar-refractivity contribution in [1.82, 2.24) is 5.32 Å². The van der Waals surface area contributed by atoms with Crippen LogP contribution in [0.3, 0.4) is 0 Å². The standard InChI is InChI=1S/C21H24N6O3/c1-12-4-7-14(8-5-12)23-20(22)27-21-25-16(19(29)26-21)11-18(28)24-15-10-13(2)6-9-17(15)30-3/h4-10,16H,11H2,1-3H3,(H,24,28)(H4,22,23,25,26,27,29). The molecule has 1 heterocycles. The first-order valence-corrected chi connectivity index (χ1v) is 9.35. The number of methoxy groups -OCH3 is 1. The predicted molar refractivity (Wildman–Crippen MR) is 117 cm³/mol. The van der Waals surface area contributed by atoms with E-state index in [2.05, 4.69) is 25.9 Å². The minimum atomic E-state index is -0.883. The lowest BCUT2D eigenvalue weighted by molar-refractivity contribution is -0.123. The van der Waals surface area contributed by atoms with Gasteiger partial charge in [-0.2, -0.15) is 4.99 Å². The largest absolute Gasteiger partial charge is 0.495 e. The molecule has 0 radical (unpaired) electrons. The summed E-state index contributed by atoms with van der Waals surface area (Å²) in [7, 11) is 1.52. The second-order valence-electron chi connectivity index (χ2n) is 6.90. The minimum absolute atomic E-state index is 0.0584. The summed E-state index contributed by atoms with van der Waals surface area (Å²) in [4.78, 5) is 32.8. The topological polar surface area (TPSA) is 130 Å². The van der Waals surface area contributed by atoms with E-state index >= 15 is 0 Å². The number of anilines is 2. The van der Waals surface area contributed by atoms with E-state index in [1.807, 2.05) is 44.2 Å². The molecule has 9 nitrogen and oxygen atoms in total. The zero-order chi connectivity index (χ0) is 21.7. The van der Waals surface area contributed by atoms with E-state index in [-0.39, 0.29) is 24.2 Å². The highest BCUT2D eigenvalue weighted by Crippen LogP contribution is 2.25. The highest BCUT2D eigenvalue weighted by atomic mass is 16.5. The minimum Gasteiger partial charge on any atom is -0.495 e. The van der Waals surface area contributed by atoms with Crippen molar-refractivity contribution in [2.75, 3.05) is 17.7 Å². The van der Waals surface area contributed by atoms with Gasteiger partial charge in [-0.1, -0.05) is 23.8 Å². The van der Waals surface area contributed by atoms with Gasteiger partial charge in [0, 0.05) is 5.69 Å². The van der Waals surface area contributed by atoms with Gasteiger partial charge in [0.2, 0.25) is 17.8 Å². The van der Waals surface area contributed by atoms with Gasteiger partial charge in [-0.25, -0.2) is 4.99 Å². The average Bonchev–Trinajstić information content (AvgIpc) is 3.02. The number of rotatable bonds is 5. The number of amides is 2. The second kappa shape index (κ2) is 9.08. The number of aryl methyl sites for hydroxylation is 2. The second-order valence-corrected chi connectivity index (χ2v) is 6.90. The Hall–Kier alpha value is -3.88. The van der Waals surface area contributed by atoms with E-state index < -0.39 is 11.9 Å². The van der Waals surface area contributed by atoms with Crippen LogP contribution in [-0.2, 0) is 9.59 Å². The Morgan fingerprint density at radius 2 is 1.87 bits per heavy atom. The lowest BCUT2D eigenvalue weighted by atomic mass is 10.1. The number of benzene rings is 2. The van der Waals surface area contributed by atoms with Crippen LogP contribution in [0.15, 0.2) is 52.4 Å². The van der Waals surface area contributed by atoms with Crippen LogP contribution in [0.5, 0.6) is 5.75 Å². The van der Waals surface area contributed by atoms with Gasteiger partial charge in [-0.3, -0.25) is 14.9 Å². The molecule has 0 bridgehead atoms. The van der Waals surface area contributed by atoms with E-state index in [4.69, 9.17) is 10.5 Å². The first-order valence-electron chi connectivity index (χ1n) is 9.35. The number of carbonyl (C=O) groups excluding carboxylic acids is 2. The summed E-state index contributed by atoms with van der Waals surface area (Å²) >= 11 is 0. The molecule has 1 atom stereocenters. The fourth-order valence-corrected chi connectivity index (χ4v) is 2.85. The number of guanidine groups is 2. The third-order valence-corrected chi connectivity index (χ3v) is 4.37. The molecule has 2 aromatic carbocycles. The molecular formula is C21H24N6O3. The molecule has 0 aromatic heterocycles. The molecule has 5 N–H and O–H groups in total. The Bertz CT molecular complexity index is 1010. The number of hydrogen-bond donors (Lipinski definition) is 4. The smallest absolute Gasteiger partial charge is 0.252 e. The number of carbonyl (C=O) groups is 2. The molecule has 9 heteroatoms. The van der Waals surface area contributed by atoms with Crippen molar-refractivity contribution < 1.29 is 14.3 Å². The van der Waals surface area contributed by atoms with Crippen LogP contribution in [0.25, 0.3) is 0 Å². The van der Waals surface area contributed by atoms with Gasteiger partial charge in [0.25, 0.3) is 5.91 Å². The monoisotopic (exact) mass is 408 g/mol. The van der Waals surface area contributed by atoms with Crippen molar-refractivity contribution in [3.05, 3.63) is 53.6 Å². The summed E-state index contributed by atoms with van der Waals surface area (Å²) in [6, 6.07) is 12.1. The fraction of sp³-hybridized carbons (Fsp3) is 0.238. The highest BCUT2D eigenvalue weighted by Gasteiger charge is 2.29. The number of hydrogen-bond acceptors (Lipinski definition) is 5. The predicted octanol–water partition coefficient (Wildman–Crippen LogP) is 1.92. The van der Waals surface area contributed by atoms with Gasteiger partial charge in [0.15, 0.2) is 0 Å². The molecule has 0 saturated carbocycles. The molecular weight excluding hydrogens is 384 g/mol. The maximum Gasteiger partial charge on any atom is 0.252 e. The van der Waals surface area contributed by atoms with Crippen molar-refractivity contribution >= 4 is 35.1 Å². The van der Waals surface area contributed by atoms with Crippen LogP contribution in [0.4, 0.5) is 11.4 Å². The summed E-state index contributed by atoms with van der Waals surface area (Å²) in [5, 5.41) is 8.21. The van der Waals surface area contributed by atoms with Gasteiger partial charge in [0.1, 0.15) is 11.8 Å². The summed E-state index contributed by atoms with van der Waals surface area (Å²) in [5.41, 5.74) is 9.26. The van der Waals surface area contributed by atoms with Gasteiger partial charge in [0.05, 0.1) is 19.2 Å². The van der Waals surface area contributed by atoms with E-state index in [0.29, 0.717) is 11.4 Å². The molecule has 2 aromatic rings. The maximum atomic E-state index is 12.4. The van der Waals surface area contributed by atoms with E-state index in [9.17, 15) is 9.59 Å². The molecule has 156 valence electrons. The number of nitrogens with zero attached hydrogens (tertiary/aromatic N) is 2. The Morgan fingerprint density at radius 3 is 2.57 bits per heavy atom. The Balaban J connectivity index is 1.63. The van der Waals surface area contributed by atoms with Crippen LogP contribution in [0.1, 0.15) is 17.5 Å². The number of nitrogens with two attached hydrogens (primary N) is 1. The molecule has 1 aliphatic heterocycles. The molecule has 3 rings (SSSR count). The normalized spacial score (nSPS) is 16.0. The molecule has 1 unspecified atom stereocenters. The van der Waals surface area contributed by atoms with Crippen LogP contribution in [0, 0.1) is 13.8 Å². The lowest BCUT2D eigenvalue weighted by Gasteiger charge is -2.11. The van der Waals surface area contributed by atoms with E-state index in [1.165, 1.54) is 7.11 Å². The highest BCUT2D eigenvalue weighted by molar-refractivity contribution is 6.11. The quantitative estimate of drug-likeness (QED) is 0.444. The first kappa shape index (κ1) is 20.8. The molecule has 0 aliphatic carbocycles. The molecule has 0 spiro atoms. The Labute approximate surface area is 174 Å². The van der Waals surface area contributed by atoms with Gasteiger partial charge in [-0.05, 0) is 43.7 Å². The summed E-state index contributed by atoms with van der Waals surface area (Å²) in [6.07, 6.45) is -0.132. The molecule has 2 amide bonds. The first-order chi connectivity index (χ1) is 14.3. The number of nitrogens with one attached hydrogen (secondary N) is 3. The van der Waals surface area contributed by atoms with Crippen LogP contribution < -0.4 is 26.4 Å².